The monoisotopic (exact) mass is 377 g/mol. The minimum absolute atomic E-state index is 0.197. The molecule has 28 heavy (non-hydrogen) atoms. The Bertz CT molecular complexity index is 1080. The number of amides is 1. The van der Waals surface area contributed by atoms with Crippen LogP contribution in [0.1, 0.15) is 18.1 Å². The number of aromatic nitrogens is 1. The number of aryl methyl sites for hydroxylation is 1. The Kier molecular flexibility index (Phi) is 4.80. The molecule has 0 saturated carbocycles. The summed E-state index contributed by atoms with van der Waals surface area (Å²) in [5.41, 5.74) is 4.07. The van der Waals surface area contributed by atoms with Crippen molar-refractivity contribution >= 4 is 28.2 Å². The molecule has 1 aromatic heterocycles. The number of pyridine rings is 1. The topological polar surface area (TPSA) is 82.0 Å². The molecule has 1 N–H and O–H groups in total. The number of anilines is 1. The van der Waals surface area contributed by atoms with E-state index in [1.54, 1.807) is 13.1 Å². The molecule has 0 fully saturated rings. The number of nitrogens with zero attached hydrogens (tertiary/aromatic N) is 2. The van der Waals surface area contributed by atoms with E-state index in [0.717, 1.165) is 22.0 Å². The van der Waals surface area contributed by atoms with E-state index in [1.165, 1.54) is 0 Å². The third-order valence-electron chi connectivity index (χ3n) is 4.43. The van der Waals surface area contributed by atoms with Crippen molar-refractivity contribution in [3.8, 4) is 11.5 Å². The van der Waals surface area contributed by atoms with Crippen molar-refractivity contribution in [2.45, 2.75) is 13.8 Å². The average molecular weight is 377 g/mol. The summed E-state index contributed by atoms with van der Waals surface area (Å²) in [7, 11) is 0. The van der Waals surface area contributed by atoms with E-state index in [9.17, 15) is 4.79 Å². The number of carbonyl (C=O) groups is 1. The molecule has 0 bridgehead atoms. The van der Waals surface area contributed by atoms with E-state index >= 15 is 0 Å². The maximum Gasteiger partial charge on any atom is 0.265 e. The van der Waals surface area contributed by atoms with Crippen molar-refractivity contribution in [2.24, 2.45) is 5.16 Å². The van der Waals surface area contributed by atoms with E-state index in [1.807, 2.05) is 49.4 Å². The van der Waals surface area contributed by atoms with Crippen LogP contribution in [-0.4, -0.2) is 30.0 Å². The minimum atomic E-state index is -0.295. The summed E-state index contributed by atoms with van der Waals surface area (Å²) in [6.45, 7) is 3.80. The van der Waals surface area contributed by atoms with Gasteiger partial charge in [-0.15, -0.1) is 0 Å². The molecule has 0 atom stereocenters. The summed E-state index contributed by atoms with van der Waals surface area (Å²) >= 11 is 0. The van der Waals surface area contributed by atoms with E-state index in [4.69, 9.17) is 14.3 Å². The third-order valence-corrected chi connectivity index (χ3v) is 4.43. The van der Waals surface area contributed by atoms with Crippen molar-refractivity contribution in [3.63, 3.8) is 0 Å². The number of carbonyl (C=O) groups excluding carboxylic acids is 1. The number of hydrogen-bond donors (Lipinski definition) is 1. The van der Waals surface area contributed by atoms with Gasteiger partial charge in [-0.2, -0.15) is 0 Å². The Labute approximate surface area is 161 Å². The van der Waals surface area contributed by atoms with Gasteiger partial charge in [0.05, 0.1) is 16.9 Å². The maximum absolute atomic E-state index is 12.3. The van der Waals surface area contributed by atoms with Crippen LogP contribution in [0, 0.1) is 6.92 Å². The van der Waals surface area contributed by atoms with Crippen LogP contribution < -0.4 is 14.8 Å². The van der Waals surface area contributed by atoms with Crippen molar-refractivity contribution < 1.29 is 19.1 Å². The van der Waals surface area contributed by atoms with Crippen LogP contribution in [0.2, 0.25) is 0 Å². The second-order valence-corrected chi connectivity index (χ2v) is 6.40. The lowest BCUT2D eigenvalue weighted by Crippen LogP contribution is -2.17. The molecule has 0 aliphatic carbocycles. The molecule has 0 spiro atoms. The molecule has 7 heteroatoms. The Morgan fingerprint density at radius 2 is 2.07 bits per heavy atom. The highest BCUT2D eigenvalue weighted by Crippen LogP contribution is 2.32. The Balaban J connectivity index is 1.40. The molecular formula is C21H19N3O4. The van der Waals surface area contributed by atoms with E-state index in [0.29, 0.717) is 22.9 Å². The standard InChI is InChI=1S/C21H19N3O4/c1-13-5-7-17(16-4-3-9-22-21(13)16)23-20(25)11-28-24-14(2)15-6-8-18-19(10-15)27-12-26-18/h3-10H,11-12H2,1-2H3,(H,23,25)/b24-14+. The van der Waals surface area contributed by atoms with Crippen LogP contribution in [0.25, 0.3) is 10.9 Å². The second kappa shape index (κ2) is 7.56. The molecule has 4 rings (SSSR count). The first-order valence-electron chi connectivity index (χ1n) is 8.82. The highest BCUT2D eigenvalue weighted by molar-refractivity contribution is 6.02. The molecule has 0 radical (unpaired) electrons. The summed E-state index contributed by atoms with van der Waals surface area (Å²) in [5.74, 6) is 1.08. The normalized spacial score (nSPS) is 12.9. The van der Waals surface area contributed by atoms with Crippen LogP contribution in [0.5, 0.6) is 11.5 Å². The number of benzene rings is 2. The lowest BCUT2D eigenvalue weighted by molar-refractivity contribution is -0.120. The van der Waals surface area contributed by atoms with Crippen LogP contribution in [-0.2, 0) is 9.63 Å². The van der Waals surface area contributed by atoms with Gasteiger partial charge in [-0.3, -0.25) is 9.78 Å². The van der Waals surface area contributed by atoms with Gasteiger partial charge in [-0.25, -0.2) is 0 Å². The molecule has 1 aliphatic rings. The first-order chi connectivity index (χ1) is 13.6. The van der Waals surface area contributed by atoms with E-state index in [-0.39, 0.29) is 19.3 Å². The Morgan fingerprint density at radius 3 is 2.96 bits per heavy atom. The van der Waals surface area contributed by atoms with E-state index in [2.05, 4.69) is 15.5 Å². The number of nitrogens with one attached hydrogen (secondary N) is 1. The zero-order chi connectivity index (χ0) is 19.5. The van der Waals surface area contributed by atoms with Gasteiger partial charge in [0.2, 0.25) is 6.79 Å². The fraction of sp³-hybridized carbons (Fsp3) is 0.190. The van der Waals surface area contributed by atoms with Gasteiger partial charge in [0.1, 0.15) is 0 Å². The zero-order valence-corrected chi connectivity index (χ0v) is 15.6. The number of rotatable bonds is 5. The van der Waals surface area contributed by atoms with Gasteiger partial charge in [0.15, 0.2) is 18.1 Å². The first kappa shape index (κ1) is 17.8. The summed E-state index contributed by atoms with van der Waals surface area (Å²) < 4.78 is 10.6. The number of hydrogen-bond acceptors (Lipinski definition) is 6. The third kappa shape index (κ3) is 3.59. The Morgan fingerprint density at radius 1 is 1.21 bits per heavy atom. The van der Waals surface area contributed by atoms with Crippen LogP contribution in [0.4, 0.5) is 5.69 Å². The largest absolute Gasteiger partial charge is 0.454 e. The second-order valence-electron chi connectivity index (χ2n) is 6.40. The zero-order valence-electron chi connectivity index (χ0n) is 15.6. The molecule has 2 aromatic carbocycles. The van der Waals surface area contributed by atoms with Crippen LogP contribution in [0.3, 0.4) is 0 Å². The predicted molar refractivity (Wildman–Crippen MR) is 106 cm³/mol. The summed E-state index contributed by atoms with van der Waals surface area (Å²) in [5, 5.41) is 7.76. The van der Waals surface area contributed by atoms with Gasteiger partial charge in [0.25, 0.3) is 5.91 Å². The number of fused-ring (bicyclic) bond motifs is 2. The summed E-state index contributed by atoms with van der Waals surface area (Å²) in [6.07, 6.45) is 1.73. The van der Waals surface area contributed by atoms with Gasteiger partial charge in [-0.1, -0.05) is 11.2 Å². The lowest BCUT2D eigenvalue weighted by Gasteiger charge is -2.09. The molecule has 1 amide bonds. The molecule has 0 unspecified atom stereocenters. The summed E-state index contributed by atoms with van der Waals surface area (Å²) in [4.78, 5) is 21.8. The van der Waals surface area contributed by atoms with E-state index < -0.39 is 0 Å². The van der Waals surface area contributed by atoms with Gasteiger partial charge >= 0.3 is 0 Å². The molecule has 7 nitrogen and oxygen atoms in total. The first-order valence-corrected chi connectivity index (χ1v) is 8.82. The highest BCUT2D eigenvalue weighted by atomic mass is 16.7. The Hall–Kier alpha value is -3.61. The molecule has 2 heterocycles. The number of ether oxygens (including phenoxy) is 2. The molecule has 3 aromatic rings. The van der Waals surface area contributed by atoms with Crippen LogP contribution >= 0.6 is 0 Å². The predicted octanol–water partition coefficient (Wildman–Crippen LogP) is 3.65. The maximum atomic E-state index is 12.3. The number of oxime groups is 1. The van der Waals surface area contributed by atoms with Gasteiger partial charge in [0, 0.05) is 17.1 Å². The molecule has 142 valence electrons. The fourth-order valence-electron chi connectivity index (χ4n) is 2.97. The quantitative estimate of drug-likeness (QED) is 0.542. The minimum Gasteiger partial charge on any atom is -0.454 e. The van der Waals surface area contributed by atoms with Crippen molar-refractivity contribution in [1.82, 2.24) is 4.98 Å². The molecular weight excluding hydrogens is 358 g/mol. The van der Waals surface area contributed by atoms with Gasteiger partial charge < -0.3 is 19.6 Å². The molecule has 0 saturated heterocycles. The fourth-order valence-corrected chi connectivity index (χ4v) is 2.97. The summed E-state index contributed by atoms with van der Waals surface area (Å²) in [6, 6.07) is 13.1. The smallest absolute Gasteiger partial charge is 0.265 e. The molecule has 1 aliphatic heterocycles. The lowest BCUT2D eigenvalue weighted by atomic mass is 10.1. The van der Waals surface area contributed by atoms with Crippen molar-refractivity contribution in [2.75, 3.05) is 18.7 Å². The highest BCUT2D eigenvalue weighted by Gasteiger charge is 2.14. The van der Waals surface area contributed by atoms with Crippen molar-refractivity contribution in [1.29, 1.82) is 0 Å². The SMILES string of the molecule is C/C(=N\OCC(=O)Nc1ccc(C)c2ncccc12)c1ccc2c(c1)OCO2. The van der Waals surface area contributed by atoms with Crippen LogP contribution in [0.15, 0.2) is 53.8 Å². The van der Waals surface area contributed by atoms with Crippen molar-refractivity contribution in [3.05, 3.63) is 59.8 Å². The average Bonchev–Trinajstić information content (AvgIpc) is 3.18. The van der Waals surface area contributed by atoms with Gasteiger partial charge in [-0.05, 0) is 55.8 Å².